The second-order valence-corrected chi connectivity index (χ2v) is 10.1. The minimum Gasteiger partial charge on any atom is -0.394 e. The summed E-state index contributed by atoms with van der Waals surface area (Å²) >= 11 is 5.85. The molecule has 2 aromatic rings. The SMILES string of the molecule is O=S1CC(F)(F)c2nc(N3CC=C(c4ncc(Cl)cn4)CC3)nc(NC3(CO)CCC3)c21. The monoisotopic (exact) mass is 482 g/mol. The van der Waals surface area contributed by atoms with E-state index in [1.807, 2.05) is 6.08 Å². The molecule has 0 amide bonds. The quantitative estimate of drug-likeness (QED) is 0.670. The highest BCUT2D eigenvalue weighted by Crippen LogP contribution is 2.45. The van der Waals surface area contributed by atoms with Crippen LogP contribution in [0.4, 0.5) is 20.5 Å². The normalized spacial score (nSPS) is 23.3. The van der Waals surface area contributed by atoms with Crippen molar-refractivity contribution < 1.29 is 18.1 Å². The van der Waals surface area contributed by atoms with E-state index in [9.17, 15) is 18.1 Å². The number of rotatable bonds is 5. The van der Waals surface area contributed by atoms with E-state index >= 15 is 0 Å². The van der Waals surface area contributed by atoms with Crippen molar-refractivity contribution in [2.45, 2.75) is 42.0 Å². The van der Waals surface area contributed by atoms with Gasteiger partial charge in [-0.25, -0.2) is 15.0 Å². The third-order valence-corrected chi connectivity index (χ3v) is 7.80. The Bertz CT molecular complexity index is 1100. The Morgan fingerprint density at radius 2 is 2.00 bits per heavy atom. The van der Waals surface area contributed by atoms with E-state index in [1.54, 1.807) is 4.90 Å². The fourth-order valence-corrected chi connectivity index (χ4v) is 5.57. The van der Waals surface area contributed by atoms with Gasteiger partial charge in [-0.05, 0) is 31.3 Å². The molecule has 3 aliphatic rings. The van der Waals surface area contributed by atoms with Crippen molar-refractivity contribution in [3.05, 3.63) is 35.0 Å². The molecule has 0 radical (unpaired) electrons. The third kappa shape index (κ3) is 3.75. The zero-order valence-electron chi connectivity index (χ0n) is 17.0. The largest absolute Gasteiger partial charge is 0.394 e. The van der Waals surface area contributed by atoms with Gasteiger partial charge >= 0.3 is 5.92 Å². The number of nitrogens with zero attached hydrogens (tertiary/aromatic N) is 5. The van der Waals surface area contributed by atoms with Crippen molar-refractivity contribution in [1.82, 2.24) is 19.9 Å². The first-order valence-corrected chi connectivity index (χ1v) is 12.0. The summed E-state index contributed by atoms with van der Waals surface area (Å²) in [6.07, 6.45) is 7.84. The van der Waals surface area contributed by atoms with Crippen molar-refractivity contribution in [3.8, 4) is 0 Å². The fourth-order valence-electron chi connectivity index (χ4n) is 4.14. The summed E-state index contributed by atoms with van der Waals surface area (Å²) in [6, 6.07) is 0. The Labute approximate surface area is 190 Å². The summed E-state index contributed by atoms with van der Waals surface area (Å²) in [7, 11) is -1.92. The Kier molecular flexibility index (Phi) is 5.37. The molecule has 2 N–H and O–H groups in total. The van der Waals surface area contributed by atoms with Gasteiger partial charge in [0.05, 0.1) is 33.7 Å². The second-order valence-electron chi connectivity index (χ2n) is 8.31. The molecule has 1 saturated carbocycles. The molecule has 2 aromatic heterocycles. The number of hydrogen-bond donors (Lipinski definition) is 2. The van der Waals surface area contributed by atoms with E-state index in [2.05, 4.69) is 25.3 Å². The smallest absolute Gasteiger partial charge is 0.302 e. The second kappa shape index (κ2) is 7.96. The van der Waals surface area contributed by atoms with Crippen LogP contribution in [-0.4, -0.2) is 60.2 Å². The summed E-state index contributed by atoms with van der Waals surface area (Å²) in [5.74, 6) is -3.26. The maximum absolute atomic E-state index is 14.6. The molecule has 1 fully saturated rings. The fraction of sp³-hybridized carbons (Fsp3) is 0.500. The molecular weight excluding hydrogens is 462 g/mol. The van der Waals surface area contributed by atoms with E-state index in [-0.39, 0.29) is 23.3 Å². The van der Waals surface area contributed by atoms with Crippen LogP contribution in [-0.2, 0) is 16.7 Å². The molecule has 1 unspecified atom stereocenters. The molecule has 0 saturated heterocycles. The van der Waals surface area contributed by atoms with Crippen LogP contribution in [0, 0.1) is 0 Å². The van der Waals surface area contributed by atoms with E-state index < -0.39 is 33.7 Å². The number of hydrogen-bond acceptors (Lipinski definition) is 8. The van der Waals surface area contributed by atoms with Gasteiger partial charge in [0.2, 0.25) is 5.95 Å². The van der Waals surface area contributed by atoms with Crippen molar-refractivity contribution in [2.75, 3.05) is 35.7 Å². The van der Waals surface area contributed by atoms with Crippen LogP contribution in [0.1, 0.15) is 37.2 Å². The van der Waals surface area contributed by atoms with Crippen molar-refractivity contribution in [2.24, 2.45) is 0 Å². The molecule has 170 valence electrons. The van der Waals surface area contributed by atoms with Crippen LogP contribution in [0.3, 0.4) is 0 Å². The van der Waals surface area contributed by atoms with Crippen LogP contribution < -0.4 is 10.2 Å². The summed E-state index contributed by atoms with van der Waals surface area (Å²) in [5, 5.41) is 13.4. The average molecular weight is 483 g/mol. The maximum atomic E-state index is 14.6. The molecule has 0 spiro atoms. The third-order valence-electron chi connectivity index (χ3n) is 6.14. The lowest BCUT2D eigenvalue weighted by molar-refractivity contribution is 0.0191. The highest BCUT2D eigenvalue weighted by molar-refractivity contribution is 7.85. The number of aliphatic hydroxyl groups is 1. The number of anilines is 2. The first-order chi connectivity index (χ1) is 15.3. The molecule has 0 aromatic carbocycles. The number of alkyl halides is 2. The summed E-state index contributed by atoms with van der Waals surface area (Å²) < 4.78 is 41.7. The van der Waals surface area contributed by atoms with Crippen LogP contribution >= 0.6 is 11.6 Å². The molecule has 2 aliphatic heterocycles. The van der Waals surface area contributed by atoms with Gasteiger partial charge in [-0.2, -0.15) is 13.8 Å². The first-order valence-electron chi connectivity index (χ1n) is 10.3. The van der Waals surface area contributed by atoms with E-state index in [0.29, 0.717) is 43.2 Å². The number of aliphatic hydroxyl groups excluding tert-OH is 1. The van der Waals surface area contributed by atoms with E-state index in [1.165, 1.54) is 12.4 Å². The molecule has 32 heavy (non-hydrogen) atoms. The van der Waals surface area contributed by atoms with Gasteiger partial charge in [0.1, 0.15) is 16.4 Å². The summed E-state index contributed by atoms with van der Waals surface area (Å²) in [4.78, 5) is 18.8. The molecule has 4 heterocycles. The minimum absolute atomic E-state index is 0.0544. The van der Waals surface area contributed by atoms with Gasteiger partial charge in [-0.1, -0.05) is 17.7 Å². The molecule has 5 rings (SSSR count). The molecule has 0 bridgehead atoms. The van der Waals surface area contributed by atoms with Crippen molar-refractivity contribution in [1.29, 1.82) is 0 Å². The number of aromatic nitrogens is 4. The number of fused-ring (bicyclic) bond motifs is 1. The van der Waals surface area contributed by atoms with E-state index in [0.717, 1.165) is 12.0 Å². The maximum Gasteiger partial charge on any atom is 0.302 e. The Balaban J connectivity index is 1.48. The zero-order chi connectivity index (χ0) is 22.5. The van der Waals surface area contributed by atoms with Gasteiger partial charge in [0.15, 0.2) is 5.82 Å². The van der Waals surface area contributed by atoms with Gasteiger partial charge in [-0.3, -0.25) is 4.21 Å². The molecule has 1 atom stereocenters. The summed E-state index contributed by atoms with van der Waals surface area (Å²) in [6.45, 7) is 0.718. The predicted molar refractivity (Wildman–Crippen MR) is 116 cm³/mol. The number of nitrogens with one attached hydrogen (secondary N) is 1. The van der Waals surface area contributed by atoms with Gasteiger partial charge in [-0.15, -0.1) is 0 Å². The van der Waals surface area contributed by atoms with E-state index in [4.69, 9.17) is 11.6 Å². The Morgan fingerprint density at radius 1 is 1.25 bits per heavy atom. The minimum atomic E-state index is -3.30. The lowest BCUT2D eigenvalue weighted by atomic mass is 9.77. The van der Waals surface area contributed by atoms with Gasteiger partial charge in [0.25, 0.3) is 0 Å². The summed E-state index contributed by atoms with van der Waals surface area (Å²) in [5.41, 5.74) is -0.188. The van der Waals surface area contributed by atoms with Crippen LogP contribution in [0.15, 0.2) is 23.4 Å². The lowest BCUT2D eigenvalue weighted by Crippen LogP contribution is -2.48. The van der Waals surface area contributed by atoms with Gasteiger partial charge < -0.3 is 15.3 Å². The Morgan fingerprint density at radius 3 is 2.59 bits per heavy atom. The predicted octanol–water partition coefficient (Wildman–Crippen LogP) is 2.75. The van der Waals surface area contributed by atoms with Crippen molar-refractivity contribution >= 4 is 39.7 Å². The van der Waals surface area contributed by atoms with Crippen LogP contribution in [0.25, 0.3) is 5.57 Å². The topological polar surface area (TPSA) is 104 Å². The Hall–Kier alpha value is -2.24. The lowest BCUT2D eigenvalue weighted by Gasteiger charge is -2.41. The molecular formula is C20H21ClF2N6O2S. The standard InChI is InChI=1S/C20H21ClF2N6O2S/c21-13-8-24-16(25-9-13)12-2-6-29(7-3-12)18-26-15-14(32(31)11-20(15,22)23)17(27-18)28-19(10-30)4-1-5-19/h2,8-9,30H,1,3-7,10-11H2,(H,26,27,28). The molecule has 8 nitrogen and oxygen atoms in total. The van der Waals surface area contributed by atoms with Crippen LogP contribution in [0.5, 0.6) is 0 Å². The molecule has 12 heteroatoms. The highest BCUT2D eigenvalue weighted by Gasteiger charge is 2.49. The van der Waals surface area contributed by atoms with Crippen molar-refractivity contribution in [3.63, 3.8) is 0 Å². The highest BCUT2D eigenvalue weighted by atomic mass is 35.5. The average Bonchev–Trinajstić information content (AvgIpc) is 2.99. The molecule has 1 aliphatic carbocycles. The first kappa shape index (κ1) is 21.6. The zero-order valence-corrected chi connectivity index (χ0v) is 18.6. The number of halogens is 3. The van der Waals surface area contributed by atoms with Crippen LogP contribution in [0.2, 0.25) is 5.02 Å². The van der Waals surface area contributed by atoms with Gasteiger partial charge in [0, 0.05) is 25.5 Å².